The van der Waals surface area contributed by atoms with Crippen LogP contribution in [0, 0.1) is 11.8 Å². The lowest BCUT2D eigenvalue weighted by Crippen LogP contribution is -2.39. The summed E-state index contributed by atoms with van der Waals surface area (Å²) in [4.78, 5) is 2.56. The zero-order chi connectivity index (χ0) is 14.4. The maximum Gasteiger partial charge on any atom is 0.0587 e. The zero-order valence-electron chi connectivity index (χ0n) is 13.1. The lowest BCUT2D eigenvalue weighted by molar-refractivity contribution is 0.199. The van der Waals surface area contributed by atoms with E-state index in [1.54, 1.807) is 7.11 Å². The molecule has 1 aliphatic rings. The molecule has 0 aromatic heterocycles. The number of ether oxygens (including phenoxy) is 1. The number of para-hydroxylation sites is 1. The van der Waals surface area contributed by atoms with E-state index in [0.717, 1.165) is 31.5 Å². The van der Waals surface area contributed by atoms with Crippen molar-refractivity contribution in [3.63, 3.8) is 0 Å². The molecule has 0 amide bonds. The van der Waals surface area contributed by atoms with Crippen LogP contribution >= 0.6 is 0 Å². The highest BCUT2D eigenvalue weighted by atomic mass is 16.5. The lowest BCUT2D eigenvalue weighted by atomic mass is 9.91. The van der Waals surface area contributed by atoms with E-state index in [2.05, 4.69) is 48.3 Å². The summed E-state index contributed by atoms with van der Waals surface area (Å²) in [5.74, 6) is 1.57. The standard InChI is InChI=1S/C17H28N2O/c1-14-10-15(2)13-19(12-14)17-7-5-4-6-16(17)11-18-8-9-20-3/h4-7,14-15,18H,8-13H2,1-3H3. The Kier molecular flexibility index (Phi) is 5.86. The van der Waals surface area contributed by atoms with E-state index in [1.807, 2.05) is 0 Å². The van der Waals surface area contributed by atoms with Gasteiger partial charge in [-0.25, -0.2) is 0 Å². The van der Waals surface area contributed by atoms with Crippen molar-refractivity contribution < 1.29 is 4.74 Å². The Hall–Kier alpha value is -1.06. The van der Waals surface area contributed by atoms with Gasteiger partial charge >= 0.3 is 0 Å². The number of rotatable bonds is 6. The van der Waals surface area contributed by atoms with E-state index >= 15 is 0 Å². The van der Waals surface area contributed by atoms with E-state index in [0.29, 0.717) is 0 Å². The lowest BCUT2D eigenvalue weighted by Gasteiger charge is -2.37. The predicted molar refractivity (Wildman–Crippen MR) is 85.2 cm³/mol. The molecule has 1 N–H and O–H groups in total. The molecule has 2 unspecified atom stereocenters. The summed E-state index contributed by atoms with van der Waals surface area (Å²) in [7, 11) is 1.74. The van der Waals surface area contributed by atoms with Gasteiger partial charge < -0.3 is 15.0 Å². The number of piperidine rings is 1. The molecule has 2 rings (SSSR count). The second kappa shape index (κ2) is 7.65. The molecule has 0 spiro atoms. The van der Waals surface area contributed by atoms with Crippen molar-refractivity contribution in [2.24, 2.45) is 11.8 Å². The number of anilines is 1. The molecular formula is C17H28N2O. The number of benzene rings is 1. The van der Waals surface area contributed by atoms with Gasteiger partial charge in [-0.15, -0.1) is 0 Å². The topological polar surface area (TPSA) is 24.5 Å². The molecule has 20 heavy (non-hydrogen) atoms. The van der Waals surface area contributed by atoms with Gasteiger partial charge in [-0.1, -0.05) is 32.0 Å². The monoisotopic (exact) mass is 276 g/mol. The average Bonchev–Trinajstić information content (AvgIpc) is 2.43. The minimum absolute atomic E-state index is 0.764. The second-order valence-electron chi connectivity index (χ2n) is 6.15. The van der Waals surface area contributed by atoms with Gasteiger partial charge in [0, 0.05) is 39.0 Å². The van der Waals surface area contributed by atoms with Gasteiger partial charge in [-0.3, -0.25) is 0 Å². The first-order valence-electron chi connectivity index (χ1n) is 7.73. The molecule has 1 heterocycles. The molecule has 0 bridgehead atoms. The van der Waals surface area contributed by atoms with E-state index < -0.39 is 0 Å². The highest BCUT2D eigenvalue weighted by Gasteiger charge is 2.23. The number of nitrogens with zero attached hydrogens (tertiary/aromatic N) is 1. The van der Waals surface area contributed by atoms with Crippen LogP contribution in [0.25, 0.3) is 0 Å². The fraction of sp³-hybridized carbons (Fsp3) is 0.647. The molecule has 0 radical (unpaired) electrons. The summed E-state index contributed by atoms with van der Waals surface area (Å²) in [5, 5.41) is 3.45. The Morgan fingerprint density at radius 3 is 2.60 bits per heavy atom. The van der Waals surface area contributed by atoms with E-state index in [-0.39, 0.29) is 0 Å². The van der Waals surface area contributed by atoms with Crippen LogP contribution in [0.5, 0.6) is 0 Å². The molecule has 1 aliphatic heterocycles. The van der Waals surface area contributed by atoms with Crippen LogP contribution in [0.15, 0.2) is 24.3 Å². The Morgan fingerprint density at radius 2 is 1.90 bits per heavy atom. The zero-order valence-corrected chi connectivity index (χ0v) is 13.1. The van der Waals surface area contributed by atoms with Crippen LogP contribution in [0.2, 0.25) is 0 Å². The average molecular weight is 276 g/mol. The normalized spacial score (nSPS) is 23.1. The molecule has 1 saturated heterocycles. The number of hydrogen-bond acceptors (Lipinski definition) is 3. The fourth-order valence-corrected chi connectivity index (χ4v) is 3.23. The Labute approximate surface area is 123 Å². The molecule has 1 aromatic rings. The van der Waals surface area contributed by atoms with Crippen molar-refractivity contribution in [3.05, 3.63) is 29.8 Å². The molecular weight excluding hydrogens is 248 g/mol. The first-order valence-corrected chi connectivity index (χ1v) is 7.73. The first kappa shape index (κ1) is 15.3. The molecule has 3 nitrogen and oxygen atoms in total. The van der Waals surface area contributed by atoms with Gasteiger partial charge in [0.1, 0.15) is 0 Å². The van der Waals surface area contributed by atoms with Crippen molar-refractivity contribution >= 4 is 5.69 Å². The maximum absolute atomic E-state index is 5.08. The quantitative estimate of drug-likeness (QED) is 0.809. The van der Waals surface area contributed by atoms with Gasteiger partial charge in [0.2, 0.25) is 0 Å². The number of hydrogen-bond donors (Lipinski definition) is 1. The van der Waals surface area contributed by atoms with Crippen LogP contribution in [-0.2, 0) is 11.3 Å². The number of methoxy groups -OCH3 is 1. The van der Waals surface area contributed by atoms with Gasteiger partial charge in [-0.2, -0.15) is 0 Å². The van der Waals surface area contributed by atoms with E-state index in [1.165, 1.54) is 30.8 Å². The third kappa shape index (κ3) is 4.22. The van der Waals surface area contributed by atoms with Crippen LogP contribution in [-0.4, -0.2) is 33.4 Å². The second-order valence-corrected chi connectivity index (χ2v) is 6.15. The van der Waals surface area contributed by atoms with Gasteiger partial charge in [0.15, 0.2) is 0 Å². The predicted octanol–water partition coefficient (Wildman–Crippen LogP) is 2.90. The van der Waals surface area contributed by atoms with Crippen LogP contribution in [0.3, 0.4) is 0 Å². The minimum atomic E-state index is 0.764. The third-order valence-electron chi connectivity index (χ3n) is 4.00. The smallest absolute Gasteiger partial charge is 0.0587 e. The van der Waals surface area contributed by atoms with Crippen LogP contribution in [0.4, 0.5) is 5.69 Å². The summed E-state index contributed by atoms with van der Waals surface area (Å²) in [6, 6.07) is 8.78. The summed E-state index contributed by atoms with van der Waals surface area (Å²) in [5.41, 5.74) is 2.79. The van der Waals surface area contributed by atoms with Crippen molar-refractivity contribution in [1.82, 2.24) is 5.32 Å². The summed E-state index contributed by atoms with van der Waals surface area (Å²) < 4.78 is 5.08. The molecule has 1 aromatic carbocycles. The van der Waals surface area contributed by atoms with Gasteiger partial charge in [0.05, 0.1) is 6.61 Å². The van der Waals surface area contributed by atoms with Crippen LogP contribution < -0.4 is 10.2 Å². The summed E-state index contributed by atoms with van der Waals surface area (Å²) >= 11 is 0. The van der Waals surface area contributed by atoms with Crippen molar-refractivity contribution in [2.45, 2.75) is 26.8 Å². The highest BCUT2D eigenvalue weighted by molar-refractivity contribution is 5.54. The molecule has 0 aliphatic carbocycles. The first-order chi connectivity index (χ1) is 9.70. The Bertz CT molecular complexity index is 398. The highest BCUT2D eigenvalue weighted by Crippen LogP contribution is 2.28. The maximum atomic E-state index is 5.08. The van der Waals surface area contributed by atoms with Gasteiger partial charge in [-0.05, 0) is 29.9 Å². The fourth-order valence-electron chi connectivity index (χ4n) is 3.23. The summed E-state index contributed by atoms with van der Waals surface area (Å²) in [6.45, 7) is 9.67. The van der Waals surface area contributed by atoms with Crippen LogP contribution in [0.1, 0.15) is 25.8 Å². The van der Waals surface area contributed by atoms with Crippen molar-refractivity contribution in [3.8, 4) is 0 Å². The molecule has 2 atom stereocenters. The third-order valence-corrected chi connectivity index (χ3v) is 4.00. The Morgan fingerprint density at radius 1 is 1.20 bits per heavy atom. The number of nitrogens with one attached hydrogen (secondary N) is 1. The summed E-state index contributed by atoms with van der Waals surface area (Å²) in [6.07, 6.45) is 1.35. The van der Waals surface area contributed by atoms with Crippen molar-refractivity contribution in [1.29, 1.82) is 0 Å². The molecule has 112 valence electrons. The SMILES string of the molecule is COCCNCc1ccccc1N1CC(C)CC(C)C1. The minimum Gasteiger partial charge on any atom is -0.383 e. The molecule has 0 saturated carbocycles. The van der Waals surface area contributed by atoms with Gasteiger partial charge in [0.25, 0.3) is 0 Å². The Balaban J connectivity index is 2.03. The molecule has 3 heteroatoms. The molecule has 1 fully saturated rings. The van der Waals surface area contributed by atoms with E-state index in [4.69, 9.17) is 4.74 Å². The largest absolute Gasteiger partial charge is 0.383 e. The van der Waals surface area contributed by atoms with E-state index in [9.17, 15) is 0 Å². The van der Waals surface area contributed by atoms with Crippen molar-refractivity contribution in [2.75, 3.05) is 38.3 Å².